The highest BCUT2D eigenvalue weighted by Crippen LogP contribution is 2.37. The predicted molar refractivity (Wildman–Crippen MR) is 99.7 cm³/mol. The molecule has 0 spiro atoms. The van der Waals surface area contributed by atoms with Gasteiger partial charge in [0.05, 0.1) is 4.90 Å². The van der Waals surface area contributed by atoms with Gasteiger partial charge in [-0.25, -0.2) is 13.6 Å². The number of hydrogen-bond donors (Lipinski definition) is 1. The molecule has 2 N–H and O–H groups in total. The number of hydrogen-bond acceptors (Lipinski definition) is 2. The van der Waals surface area contributed by atoms with Gasteiger partial charge in [0.15, 0.2) is 0 Å². The molecule has 0 aliphatic rings. The van der Waals surface area contributed by atoms with Crippen LogP contribution in [0.25, 0.3) is 11.1 Å². The summed E-state index contributed by atoms with van der Waals surface area (Å²) >= 11 is 8.22. The van der Waals surface area contributed by atoms with Gasteiger partial charge in [0.1, 0.15) is 0 Å². The normalized spacial score (nSPS) is 12.5. The lowest BCUT2D eigenvalue weighted by molar-refractivity contribution is 0.588. The molecule has 6 heteroatoms. The van der Waals surface area contributed by atoms with Crippen molar-refractivity contribution in [2.75, 3.05) is 0 Å². The zero-order valence-corrected chi connectivity index (χ0v) is 16.3. The third kappa shape index (κ3) is 3.82. The predicted octanol–water partition coefficient (Wildman–Crippen LogP) is 4.56. The molecule has 0 amide bonds. The molecule has 0 unspecified atom stereocenters. The van der Waals surface area contributed by atoms with Crippen LogP contribution in [0.15, 0.2) is 41.3 Å². The number of rotatable bonds is 2. The molecule has 0 saturated heterocycles. The zero-order chi connectivity index (χ0) is 16.7. The topological polar surface area (TPSA) is 60.2 Å². The summed E-state index contributed by atoms with van der Waals surface area (Å²) < 4.78 is 24.3. The molecule has 118 valence electrons. The van der Waals surface area contributed by atoms with Gasteiger partial charge in [-0.1, -0.05) is 44.5 Å². The molecule has 0 aliphatic heterocycles. The van der Waals surface area contributed by atoms with E-state index in [1.807, 2.05) is 18.2 Å². The van der Waals surface area contributed by atoms with Gasteiger partial charge in [0.25, 0.3) is 0 Å². The Bertz CT molecular complexity index is 827. The van der Waals surface area contributed by atoms with Crippen LogP contribution in [0.1, 0.15) is 26.3 Å². The molecular formula is C16H17ClINO2S. The minimum absolute atomic E-state index is 0.112. The Morgan fingerprint density at radius 2 is 1.68 bits per heavy atom. The highest BCUT2D eigenvalue weighted by atomic mass is 127. The molecular weight excluding hydrogens is 433 g/mol. The molecule has 0 saturated carbocycles. The van der Waals surface area contributed by atoms with Crippen LogP contribution in [0.5, 0.6) is 0 Å². The number of nitrogens with two attached hydrogens (primary N) is 1. The number of sulfonamides is 1. The van der Waals surface area contributed by atoms with Crippen LogP contribution in [-0.4, -0.2) is 8.42 Å². The van der Waals surface area contributed by atoms with Crippen LogP contribution in [0.4, 0.5) is 0 Å². The summed E-state index contributed by atoms with van der Waals surface area (Å²) in [7, 11) is -3.75. The number of halogens is 2. The first kappa shape index (κ1) is 17.7. The van der Waals surface area contributed by atoms with Crippen molar-refractivity contribution in [3.63, 3.8) is 0 Å². The lowest BCUT2D eigenvalue weighted by Crippen LogP contribution is -2.16. The van der Waals surface area contributed by atoms with Crippen LogP contribution in [0.3, 0.4) is 0 Å². The van der Waals surface area contributed by atoms with Gasteiger partial charge in [0, 0.05) is 8.59 Å². The molecule has 0 aliphatic carbocycles. The minimum atomic E-state index is -3.75. The average molecular weight is 450 g/mol. The van der Waals surface area contributed by atoms with Gasteiger partial charge in [-0.15, -0.1) is 0 Å². The molecule has 0 fully saturated rings. The van der Waals surface area contributed by atoms with Crippen LogP contribution in [0, 0.1) is 3.57 Å². The van der Waals surface area contributed by atoms with E-state index in [0.717, 1.165) is 20.3 Å². The fraction of sp³-hybridized carbons (Fsp3) is 0.250. The van der Waals surface area contributed by atoms with Crippen molar-refractivity contribution in [3.8, 4) is 11.1 Å². The van der Waals surface area contributed by atoms with E-state index in [-0.39, 0.29) is 10.3 Å². The van der Waals surface area contributed by atoms with E-state index in [0.29, 0.717) is 5.02 Å². The largest absolute Gasteiger partial charge is 0.238 e. The third-order valence-corrected chi connectivity index (χ3v) is 5.39. The standard InChI is InChI=1S/C16H17ClINO2S/c1-16(2,3)14-7-5-11(22(19,20)21)9-13(14)12-6-4-10(17)8-15(12)18/h4-9H,1-3H3,(H2,19,20,21). The first-order valence-corrected chi connectivity index (χ1v) is 9.63. The van der Waals surface area contributed by atoms with Crippen molar-refractivity contribution < 1.29 is 8.42 Å². The Hall–Kier alpha value is -0.630. The van der Waals surface area contributed by atoms with E-state index in [4.69, 9.17) is 16.7 Å². The van der Waals surface area contributed by atoms with Gasteiger partial charge in [-0.3, -0.25) is 0 Å². The second-order valence-corrected chi connectivity index (χ2v) is 9.29. The lowest BCUT2D eigenvalue weighted by Gasteiger charge is -2.24. The van der Waals surface area contributed by atoms with Gasteiger partial charge >= 0.3 is 0 Å². The van der Waals surface area contributed by atoms with E-state index < -0.39 is 10.0 Å². The SMILES string of the molecule is CC(C)(C)c1ccc(S(N)(=O)=O)cc1-c1ccc(Cl)cc1I. The fourth-order valence-electron chi connectivity index (χ4n) is 2.29. The van der Waals surface area contributed by atoms with E-state index in [2.05, 4.69) is 43.4 Å². The first-order chi connectivity index (χ1) is 10.00. The maximum Gasteiger partial charge on any atom is 0.238 e. The highest BCUT2D eigenvalue weighted by Gasteiger charge is 2.22. The van der Waals surface area contributed by atoms with Gasteiger partial charge < -0.3 is 0 Å². The molecule has 22 heavy (non-hydrogen) atoms. The molecule has 0 atom stereocenters. The van der Waals surface area contributed by atoms with E-state index in [1.54, 1.807) is 18.2 Å². The molecule has 3 nitrogen and oxygen atoms in total. The van der Waals surface area contributed by atoms with Gasteiger partial charge in [-0.2, -0.15) is 0 Å². The summed E-state index contributed by atoms with van der Waals surface area (Å²) in [6.45, 7) is 6.27. The van der Waals surface area contributed by atoms with Crippen molar-refractivity contribution >= 4 is 44.2 Å². The Balaban J connectivity index is 2.80. The molecule has 0 aromatic heterocycles. The molecule has 2 aromatic carbocycles. The summed E-state index contributed by atoms with van der Waals surface area (Å²) in [5.41, 5.74) is 2.73. The fourth-order valence-corrected chi connectivity index (χ4v) is 3.99. The zero-order valence-electron chi connectivity index (χ0n) is 12.5. The van der Waals surface area contributed by atoms with Crippen molar-refractivity contribution in [1.82, 2.24) is 0 Å². The monoisotopic (exact) mass is 449 g/mol. The van der Waals surface area contributed by atoms with Crippen molar-refractivity contribution in [1.29, 1.82) is 0 Å². The molecule has 0 heterocycles. The summed E-state index contributed by atoms with van der Waals surface area (Å²) in [6.07, 6.45) is 0. The van der Waals surface area contributed by atoms with Crippen molar-refractivity contribution in [2.45, 2.75) is 31.1 Å². The summed E-state index contributed by atoms with van der Waals surface area (Å²) in [4.78, 5) is 0.112. The quantitative estimate of drug-likeness (QED) is 0.684. The number of primary sulfonamides is 1. The van der Waals surface area contributed by atoms with E-state index in [9.17, 15) is 8.42 Å². The second kappa shape index (κ2) is 6.11. The Morgan fingerprint density at radius 1 is 1.05 bits per heavy atom. The van der Waals surface area contributed by atoms with Crippen LogP contribution in [0.2, 0.25) is 5.02 Å². The number of benzene rings is 2. The first-order valence-electron chi connectivity index (χ1n) is 6.63. The van der Waals surface area contributed by atoms with E-state index in [1.165, 1.54) is 0 Å². The smallest absolute Gasteiger partial charge is 0.225 e. The summed E-state index contributed by atoms with van der Waals surface area (Å²) in [5, 5.41) is 5.92. The van der Waals surface area contributed by atoms with Crippen LogP contribution in [-0.2, 0) is 15.4 Å². The van der Waals surface area contributed by atoms with Gasteiger partial charge in [-0.05, 0) is 69.0 Å². The maximum absolute atomic E-state index is 11.7. The molecule has 0 radical (unpaired) electrons. The second-order valence-electron chi connectivity index (χ2n) is 6.13. The lowest BCUT2D eigenvalue weighted by atomic mass is 9.82. The summed E-state index contributed by atoms with van der Waals surface area (Å²) in [5.74, 6) is 0. The average Bonchev–Trinajstić information content (AvgIpc) is 2.36. The summed E-state index contributed by atoms with van der Waals surface area (Å²) in [6, 6.07) is 10.6. The Morgan fingerprint density at radius 3 is 2.18 bits per heavy atom. The van der Waals surface area contributed by atoms with Crippen LogP contribution < -0.4 is 5.14 Å². The van der Waals surface area contributed by atoms with Gasteiger partial charge in [0.2, 0.25) is 10.0 Å². The van der Waals surface area contributed by atoms with Crippen LogP contribution >= 0.6 is 34.2 Å². The molecule has 2 rings (SSSR count). The molecule has 2 aromatic rings. The highest BCUT2D eigenvalue weighted by molar-refractivity contribution is 14.1. The third-order valence-electron chi connectivity index (χ3n) is 3.35. The molecule has 0 bridgehead atoms. The van der Waals surface area contributed by atoms with Crippen molar-refractivity contribution in [2.24, 2.45) is 5.14 Å². The van der Waals surface area contributed by atoms with Crippen molar-refractivity contribution in [3.05, 3.63) is 50.6 Å². The van der Waals surface area contributed by atoms with E-state index >= 15 is 0 Å². The Labute approximate surface area is 150 Å². The maximum atomic E-state index is 11.7. The minimum Gasteiger partial charge on any atom is -0.225 e. The Kier molecular flexibility index (Phi) is 4.92.